The zero-order valence-electron chi connectivity index (χ0n) is 27.5. The van der Waals surface area contributed by atoms with Gasteiger partial charge in [0.1, 0.15) is 6.61 Å². The van der Waals surface area contributed by atoms with Crippen LogP contribution < -0.4 is 0 Å². The lowest BCUT2D eigenvalue weighted by atomic mass is 10.1. The highest BCUT2D eigenvalue weighted by atomic mass is 31.2. The Hall–Kier alpha value is -0.990. The smallest absolute Gasteiger partial charge is 0.358 e. The molecule has 0 aromatic carbocycles. The highest BCUT2D eigenvalue weighted by Crippen LogP contribution is 2.46. The molecule has 9 nitrogen and oxygen atoms in total. The summed E-state index contributed by atoms with van der Waals surface area (Å²) in [5.74, 6) is -2.89. The van der Waals surface area contributed by atoms with Gasteiger partial charge in [0.25, 0.3) is 0 Å². The maximum absolute atomic E-state index is 12.4. The van der Waals surface area contributed by atoms with Crippen molar-refractivity contribution in [3.63, 3.8) is 0 Å². The Kier molecular flexibility index (Phi) is 29.0. The normalized spacial score (nSPS) is 14.3. The summed E-state index contributed by atoms with van der Waals surface area (Å²) in [4.78, 5) is 34.5. The first-order chi connectivity index (χ1) is 20.8. The number of ether oxygens (including phenoxy) is 2. The molecule has 0 fully saturated rings. The van der Waals surface area contributed by atoms with Crippen LogP contribution in [0, 0.1) is 0 Å². The molecule has 0 aliphatic heterocycles. The van der Waals surface area contributed by atoms with Crippen molar-refractivity contribution in [2.75, 3.05) is 19.8 Å². The Balaban J connectivity index is 4.29. The third-order valence-corrected chi connectivity index (χ3v) is 9.12. The Morgan fingerprint density at radius 2 is 0.977 bits per heavy atom. The lowest BCUT2D eigenvalue weighted by molar-refractivity contribution is -0.161. The molecule has 0 rings (SSSR count). The molecule has 43 heavy (non-hydrogen) atoms. The lowest BCUT2D eigenvalue weighted by Gasteiger charge is -2.21. The highest BCUT2D eigenvalue weighted by molar-refractivity contribution is 7.53. The van der Waals surface area contributed by atoms with E-state index in [0.717, 1.165) is 38.5 Å². The summed E-state index contributed by atoms with van der Waals surface area (Å²) in [5, 5.41) is 18.5. The van der Waals surface area contributed by atoms with Crippen molar-refractivity contribution in [3.05, 3.63) is 0 Å². The zero-order chi connectivity index (χ0) is 32.0. The third kappa shape index (κ3) is 27.1. The Morgan fingerprint density at radius 3 is 1.37 bits per heavy atom. The van der Waals surface area contributed by atoms with Gasteiger partial charge in [0.05, 0.1) is 13.2 Å². The maximum Gasteiger partial charge on any atom is 0.358 e. The molecule has 0 aliphatic rings. The Morgan fingerprint density at radius 1 is 0.605 bits per heavy atom. The van der Waals surface area contributed by atoms with Gasteiger partial charge in [-0.2, -0.15) is 0 Å². The molecule has 0 bridgehead atoms. The van der Waals surface area contributed by atoms with Crippen LogP contribution in [0.15, 0.2) is 0 Å². The molecule has 0 saturated heterocycles. The first-order valence-electron chi connectivity index (χ1n) is 17.4. The van der Waals surface area contributed by atoms with E-state index >= 15 is 0 Å². The van der Waals surface area contributed by atoms with Gasteiger partial charge in [-0.15, -0.1) is 0 Å². The molecular weight excluding hydrogens is 571 g/mol. The summed E-state index contributed by atoms with van der Waals surface area (Å²) in [6, 6.07) is 0. The van der Waals surface area contributed by atoms with E-state index in [9.17, 15) is 24.2 Å². The van der Waals surface area contributed by atoms with E-state index in [4.69, 9.17) is 19.1 Å². The predicted octanol–water partition coefficient (Wildman–Crippen LogP) is 8.36. The maximum atomic E-state index is 12.4. The molecule has 3 N–H and O–H groups in total. The fourth-order valence-electron chi connectivity index (χ4n) is 4.87. The van der Waals surface area contributed by atoms with Crippen LogP contribution in [0.4, 0.5) is 0 Å². The van der Waals surface area contributed by atoms with Gasteiger partial charge in [-0.1, -0.05) is 142 Å². The minimum absolute atomic E-state index is 0.191. The van der Waals surface area contributed by atoms with E-state index in [1.165, 1.54) is 89.9 Å². The molecule has 0 aromatic heterocycles. The number of aliphatic hydroxyl groups is 2. The van der Waals surface area contributed by atoms with E-state index in [2.05, 4.69) is 13.8 Å². The van der Waals surface area contributed by atoms with Gasteiger partial charge in [-0.3, -0.25) is 14.2 Å². The van der Waals surface area contributed by atoms with Gasteiger partial charge < -0.3 is 29.1 Å². The van der Waals surface area contributed by atoms with E-state index in [1.807, 2.05) is 0 Å². The summed E-state index contributed by atoms with van der Waals surface area (Å²) >= 11 is 0. The van der Waals surface area contributed by atoms with Gasteiger partial charge in [-0.05, 0) is 12.8 Å². The molecule has 0 saturated carbocycles. The first-order valence-corrected chi connectivity index (χ1v) is 19.0. The van der Waals surface area contributed by atoms with E-state index in [0.29, 0.717) is 12.8 Å². The second kappa shape index (κ2) is 29.7. The molecule has 0 spiro atoms. The van der Waals surface area contributed by atoms with Crippen LogP contribution in [0.5, 0.6) is 0 Å². The van der Waals surface area contributed by atoms with E-state index < -0.39 is 44.7 Å². The summed E-state index contributed by atoms with van der Waals surface area (Å²) < 4.78 is 27.6. The number of carbonyl (C=O) groups is 2. The molecule has 0 aromatic rings. The second-order valence-corrected chi connectivity index (χ2v) is 13.9. The monoisotopic (exact) mass is 636 g/mol. The number of hydrogen-bond donors (Lipinski definition) is 3. The minimum atomic E-state index is -4.54. The van der Waals surface area contributed by atoms with Crippen molar-refractivity contribution < 1.29 is 43.3 Å². The van der Waals surface area contributed by atoms with Crippen molar-refractivity contribution in [2.24, 2.45) is 0 Å². The lowest BCUT2D eigenvalue weighted by Crippen LogP contribution is -2.30. The predicted molar refractivity (Wildman–Crippen MR) is 172 cm³/mol. The average molecular weight is 637 g/mol. The molecule has 2 unspecified atom stereocenters. The van der Waals surface area contributed by atoms with Gasteiger partial charge in [-0.25, -0.2) is 0 Å². The van der Waals surface area contributed by atoms with Crippen LogP contribution in [0.25, 0.3) is 0 Å². The molecule has 0 amide bonds. The molecule has 3 atom stereocenters. The van der Waals surface area contributed by atoms with Crippen molar-refractivity contribution in [1.29, 1.82) is 0 Å². The third-order valence-electron chi connectivity index (χ3n) is 7.68. The van der Waals surface area contributed by atoms with E-state index in [-0.39, 0.29) is 19.4 Å². The zero-order valence-corrected chi connectivity index (χ0v) is 28.4. The van der Waals surface area contributed by atoms with Gasteiger partial charge in [0.15, 0.2) is 11.9 Å². The molecule has 10 heteroatoms. The summed E-state index contributed by atoms with van der Waals surface area (Å²) in [7, 11) is -4.54. The van der Waals surface area contributed by atoms with Crippen molar-refractivity contribution in [2.45, 2.75) is 180 Å². The van der Waals surface area contributed by atoms with Crippen molar-refractivity contribution >= 4 is 19.5 Å². The van der Waals surface area contributed by atoms with Crippen LogP contribution in [0.3, 0.4) is 0 Å². The number of esters is 2. The topological polar surface area (TPSA) is 140 Å². The van der Waals surface area contributed by atoms with Crippen LogP contribution >= 0.6 is 7.60 Å². The standard InChI is InChI=1S/C33H65O9P/c1-3-5-7-9-11-13-15-17-19-21-23-25-31(35)40-28-30(29-41-43(38,39)33(37)27-34)42-32(36)26-24-22-20-18-16-14-12-10-8-6-4-2/h30,33-34,37H,3-29H2,1-2H3,(H,38,39)/t30-,33?/m1/s1. The second-order valence-electron chi connectivity index (χ2n) is 11.9. The van der Waals surface area contributed by atoms with Gasteiger partial charge in [0.2, 0.25) is 0 Å². The van der Waals surface area contributed by atoms with Crippen LogP contribution in [-0.4, -0.2) is 58.8 Å². The average Bonchev–Trinajstić information content (AvgIpc) is 2.99. The molecule has 0 radical (unpaired) electrons. The Bertz CT molecular complexity index is 704. The largest absolute Gasteiger partial charge is 0.462 e. The molecule has 0 heterocycles. The summed E-state index contributed by atoms with van der Waals surface area (Å²) in [5.41, 5.74) is 0. The summed E-state index contributed by atoms with van der Waals surface area (Å²) in [6.45, 7) is 2.64. The number of unbranched alkanes of at least 4 members (excludes halogenated alkanes) is 20. The number of carbonyl (C=O) groups excluding carboxylic acids is 2. The SMILES string of the molecule is CCCCCCCCCCCCCC(=O)OC[C@H](COP(=O)(O)C(O)CO)OC(=O)CCCCCCCCCCCCC. The van der Waals surface area contributed by atoms with Gasteiger partial charge >= 0.3 is 19.5 Å². The van der Waals surface area contributed by atoms with Crippen LogP contribution in [0.1, 0.15) is 168 Å². The Labute approximate surface area is 262 Å². The van der Waals surface area contributed by atoms with Crippen molar-refractivity contribution in [3.8, 4) is 0 Å². The van der Waals surface area contributed by atoms with Crippen LogP contribution in [-0.2, 0) is 28.2 Å². The fraction of sp³-hybridized carbons (Fsp3) is 0.939. The molecule has 256 valence electrons. The fourth-order valence-corrected chi connectivity index (χ4v) is 5.62. The van der Waals surface area contributed by atoms with Crippen LogP contribution in [0.2, 0.25) is 0 Å². The number of aliphatic hydroxyl groups excluding tert-OH is 2. The summed E-state index contributed by atoms with van der Waals surface area (Å²) in [6.07, 6.45) is 25.0. The van der Waals surface area contributed by atoms with Gasteiger partial charge in [0, 0.05) is 12.8 Å². The first kappa shape index (κ1) is 42.0. The quantitative estimate of drug-likeness (QED) is 0.0377. The van der Waals surface area contributed by atoms with E-state index in [1.54, 1.807) is 0 Å². The number of rotatable bonds is 32. The highest BCUT2D eigenvalue weighted by Gasteiger charge is 2.32. The van der Waals surface area contributed by atoms with Crippen molar-refractivity contribution in [1.82, 2.24) is 0 Å². The minimum Gasteiger partial charge on any atom is -0.462 e. The molecular formula is C33H65O9P. The number of hydrogen-bond acceptors (Lipinski definition) is 8. The molecule has 0 aliphatic carbocycles.